The third-order valence-corrected chi connectivity index (χ3v) is 5.56. The first-order valence-electron chi connectivity index (χ1n) is 10.3. The van der Waals surface area contributed by atoms with E-state index in [1.54, 1.807) is 38.9 Å². The molecule has 0 bridgehead atoms. The quantitative estimate of drug-likeness (QED) is 0.470. The Morgan fingerprint density at radius 2 is 1.90 bits per heavy atom. The molecule has 0 spiro atoms. The molecular weight excluding hydrogens is 397 g/mol. The molecule has 8 heteroatoms. The lowest BCUT2D eigenvalue weighted by Crippen LogP contribution is -2.31. The van der Waals surface area contributed by atoms with Crippen molar-refractivity contribution in [3.05, 3.63) is 72.0 Å². The van der Waals surface area contributed by atoms with Gasteiger partial charge >= 0.3 is 6.03 Å². The smallest absolute Gasteiger partial charge is 0.324 e. The zero-order valence-corrected chi connectivity index (χ0v) is 17.3. The summed E-state index contributed by atoms with van der Waals surface area (Å²) in [5, 5.41) is 9.28. The van der Waals surface area contributed by atoms with Crippen LogP contribution < -0.4 is 4.90 Å². The number of para-hydroxylation sites is 1. The molecule has 2 aromatic carbocycles. The molecule has 1 aliphatic heterocycles. The van der Waals surface area contributed by atoms with E-state index in [9.17, 15) is 9.18 Å². The van der Waals surface area contributed by atoms with E-state index in [-0.39, 0.29) is 17.8 Å². The molecular formula is C23H22FN5O2. The van der Waals surface area contributed by atoms with Crippen LogP contribution in [0.15, 0.2) is 59.3 Å². The van der Waals surface area contributed by atoms with E-state index in [1.165, 1.54) is 6.07 Å². The topological polar surface area (TPSA) is 67.4 Å². The maximum Gasteiger partial charge on any atom is 0.324 e. The van der Waals surface area contributed by atoms with Crippen molar-refractivity contribution in [3.63, 3.8) is 0 Å². The number of urea groups is 1. The lowest BCUT2D eigenvalue weighted by molar-refractivity contribution is 0.217. The third-order valence-electron chi connectivity index (χ3n) is 5.56. The van der Waals surface area contributed by atoms with Crippen molar-refractivity contribution < 1.29 is 13.7 Å². The molecule has 0 radical (unpaired) electrons. The first-order chi connectivity index (χ1) is 15.0. The van der Waals surface area contributed by atoms with Crippen LogP contribution in [-0.4, -0.2) is 39.0 Å². The Balaban J connectivity index is 1.43. The summed E-state index contributed by atoms with van der Waals surface area (Å²) in [5.41, 5.74) is 2.61. The van der Waals surface area contributed by atoms with Gasteiger partial charge in [0.15, 0.2) is 0 Å². The molecule has 0 aliphatic carbocycles. The van der Waals surface area contributed by atoms with Crippen LogP contribution in [0.1, 0.15) is 31.2 Å². The van der Waals surface area contributed by atoms with Gasteiger partial charge < -0.3 is 9.42 Å². The number of carbonyl (C=O) groups is 1. The van der Waals surface area contributed by atoms with Crippen molar-refractivity contribution in [1.82, 2.24) is 19.8 Å². The second kappa shape index (κ2) is 7.54. The van der Waals surface area contributed by atoms with Gasteiger partial charge in [0.25, 0.3) is 0 Å². The average Bonchev–Trinajstić information content (AvgIpc) is 3.48. The van der Waals surface area contributed by atoms with Crippen LogP contribution in [0, 0.1) is 5.82 Å². The Hall–Kier alpha value is -3.68. The molecule has 0 saturated carbocycles. The van der Waals surface area contributed by atoms with Crippen molar-refractivity contribution in [2.45, 2.75) is 26.3 Å². The highest BCUT2D eigenvalue weighted by molar-refractivity contribution is 6.03. The Morgan fingerprint density at radius 1 is 1.10 bits per heavy atom. The largest absolute Gasteiger partial charge is 0.361 e. The molecule has 1 fully saturated rings. The number of halogens is 1. The van der Waals surface area contributed by atoms with Gasteiger partial charge in [-0.2, -0.15) is 5.10 Å². The van der Waals surface area contributed by atoms with E-state index < -0.39 is 0 Å². The molecule has 1 saturated heterocycles. The summed E-state index contributed by atoms with van der Waals surface area (Å²) >= 11 is 0. The van der Waals surface area contributed by atoms with Gasteiger partial charge in [-0.15, -0.1) is 0 Å². The highest BCUT2D eigenvalue weighted by Crippen LogP contribution is 2.31. The van der Waals surface area contributed by atoms with E-state index in [2.05, 4.69) is 10.3 Å². The molecule has 158 valence electrons. The van der Waals surface area contributed by atoms with E-state index in [1.807, 2.05) is 38.1 Å². The monoisotopic (exact) mass is 419 g/mol. The number of anilines is 1. The Kier molecular flexibility index (Phi) is 4.69. The van der Waals surface area contributed by atoms with E-state index in [4.69, 9.17) is 4.52 Å². The minimum atomic E-state index is -0.352. The standard InChI is InChI=1S/C23H22FN5O2/c1-15(2)22-12-16(26-31-22)14-27-10-11-28(23(27)30)19-8-5-9-20-17(19)13-25-29(20)21-7-4-3-6-18(21)24/h3-9,12-13,15H,10-11,14H2,1-2H3. The minimum Gasteiger partial charge on any atom is -0.361 e. The van der Waals surface area contributed by atoms with Crippen LogP contribution in [0.25, 0.3) is 16.6 Å². The van der Waals surface area contributed by atoms with Crippen molar-refractivity contribution in [1.29, 1.82) is 0 Å². The van der Waals surface area contributed by atoms with Crippen molar-refractivity contribution >= 4 is 22.6 Å². The van der Waals surface area contributed by atoms with Gasteiger partial charge in [-0.3, -0.25) is 4.90 Å². The highest BCUT2D eigenvalue weighted by atomic mass is 19.1. The summed E-state index contributed by atoms with van der Waals surface area (Å²) in [4.78, 5) is 16.6. The van der Waals surface area contributed by atoms with Crippen LogP contribution in [0.4, 0.5) is 14.9 Å². The maximum atomic E-state index is 14.3. The fourth-order valence-electron chi connectivity index (χ4n) is 3.91. The Labute approximate surface area is 178 Å². The fraction of sp³-hybridized carbons (Fsp3) is 0.261. The molecule has 0 N–H and O–H groups in total. The summed E-state index contributed by atoms with van der Waals surface area (Å²) in [5.74, 6) is 0.703. The van der Waals surface area contributed by atoms with Crippen molar-refractivity contribution in [2.24, 2.45) is 0 Å². The van der Waals surface area contributed by atoms with Crippen LogP contribution in [0.5, 0.6) is 0 Å². The number of rotatable bonds is 5. The Bertz CT molecular complexity index is 1260. The molecule has 1 aliphatic rings. The summed E-state index contributed by atoms with van der Waals surface area (Å²) in [6, 6.07) is 13.9. The zero-order chi connectivity index (χ0) is 21.5. The molecule has 4 aromatic rings. The first kappa shape index (κ1) is 19.3. The molecule has 3 heterocycles. The third kappa shape index (κ3) is 3.34. The highest BCUT2D eigenvalue weighted by Gasteiger charge is 2.31. The predicted octanol–water partition coefficient (Wildman–Crippen LogP) is 4.72. The summed E-state index contributed by atoms with van der Waals surface area (Å²) in [6.07, 6.45) is 1.68. The lowest BCUT2D eigenvalue weighted by atomic mass is 10.1. The zero-order valence-electron chi connectivity index (χ0n) is 17.3. The van der Waals surface area contributed by atoms with Gasteiger partial charge in [-0.05, 0) is 24.3 Å². The number of nitrogens with zero attached hydrogens (tertiary/aromatic N) is 5. The number of hydrogen-bond donors (Lipinski definition) is 0. The number of fused-ring (bicyclic) bond motifs is 1. The molecule has 7 nitrogen and oxygen atoms in total. The second-order valence-corrected chi connectivity index (χ2v) is 7.95. The molecule has 31 heavy (non-hydrogen) atoms. The molecule has 5 rings (SSSR count). The number of carbonyl (C=O) groups excluding carboxylic acids is 1. The number of amides is 2. The first-order valence-corrected chi connectivity index (χ1v) is 10.3. The maximum absolute atomic E-state index is 14.3. The summed E-state index contributed by atoms with van der Waals surface area (Å²) in [7, 11) is 0. The van der Waals surface area contributed by atoms with Crippen molar-refractivity contribution in [2.75, 3.05) is 18.0 Å². The van der Waals surface area contributed by atoms with E-state index >= 15 is 0 Å². The molecule has 0 atom stereocenters. The van der Waals surface area contributed by atoms with E-state index in [0.29, 0.717) is 25.3 Å². The van der Waals surface area contributed by atoms with E-state index in [0.717, 1.165) is 28.0 Å². The number of benzene rings is 2. The van der Waals surface area contributed by atoms with Gasteiger partial charge in [-0.25, -0.2) is 13.9 Å². The normalized spacial score (nSPS) is 14.4. The van der Waals surface area contributed by atoms with Crippen LogP contribution >= 0.6 is 0 Å². The second-order valence-electron chi connectivity index (χ2n) is 7.95. The summed E-state index contributed by atoms with van der Waals surface area (Å²) in [6.45, 7) is 5.61. The van der Waals surface area contributed by atoms with Gasteiger partial charge in [-0.1, -0.05) is 37.2 Å². The van der Waals surface area contributed by atoms with Crippen LogP contribution in [0.3, 0.4) is 0 Å². The molecule has 0 unspecified atom stereocenters. The number of aromatic nitrogens is 3. The predicted molar refractivity (Wildman–Crippen MR) is 115 cm³/mol. The molecule has 2 aromatic heterocycles. The minimum absolute atomic E-state index is 0.0970. The average molecular weight is 419 g/mol. The lowest BCUT2D eigenvalue weighted by Gasteiger charge is -2.18. The van der Waals surface area contributed by atoms with Gasteiger partial charge in [0, 0.05) is 30.5 Å². The van der Waals surface area contributed by atoms with Gasteiger partial charge in [0.1, 0.15) is 23.0 Å². The SMILES string of the molecule is CC(C)c1cc(CN2CCN(c3cccc4c3cnn4-c3ccccc3F)C2=O)no1. The molecule has 2 amide bonds. The fourth-order valence-corrected chi connectivity index (χ4v) is 3.91. The Morgan fingerprint density at radius 3 is 2.68 bits per heavy atom. The van der Waals surface area contributed by atoms with Gasteiger partial charge in [0.2, 0.25) is 0 Å². The van der Waals surface area contributed by atoms with Crippen LogP contribution in [0.2, 0.25) is 0 Å². The summed E-state index contributed by atoms with van der Waals surface area (Å²) < 4.78 is 21.2. The van der Waals surface area contributed by atoms with Crippen molar-refractivity contribution in [3.8, 4) is 5.69 Å². The van der Waals surface area contributed by atoms with Crippen LogP contribution in [-0.2, 0) is 6.54 Å². The van der Waals surface area contributed by atoms with Gasteiger partial charge in [0.05, 0.1) is 23.9 Å². The number of hydrogen-bond acceptors (Lipinski definition) is 4.